The molecule has 0 radical (unpaired) electrons. The minimum Gasteiger partial charge on any atom is -0.379 e. The average molecular weight is 349 g/mol. The number of amides is 1. The first-order chi connectivity index (χ1) is 11.6. The second-order valence-corrected chi connectivity index (χ2v) is 7.99. The molecule has 0 spiro atoms. The maximum Gasteiger partial charge on any atom is 0.217 e. The lowest BCUT2D eigenvalue weighted by Gasteiger charge is -2.37. The van der Waals surface area contributed by atoms with Gasteiger partial charge >= 0.3 is 0 Å². The predicted octanol–water partition coefficient (Wildman–Crippen LogP) is 2.77. The van der Waals surface area contributed by atoms with E-state index in [0.29, 0.717) is 11.8 Å². The zero-order valence-corrected chi connectivity index (χ0v) is 15.6. The third-order valence-electron chi connectivity index (χ3n) is 5.45. The molecule has 4 nitrogen and oxygen atoms in total. The van der Waals surface area contributed by atoms with Gasteiger partial charge in [-0.1, -0.05) is 12.1 Å². The Kier molecular flexibility index (Phi) is 5.85. The molecule has 1 saturated carbocycles. The van der Waals surface area contributed by atoms with Gasteiger partial charge in [0.1, 0.15) is 0 Å². The molecule has 2 aliphatic rings. The summed E-state index contributed by atoms with van der Waals surface area (Å²) >= 11 is 1.78. The third kappa shape index (κ3) is 4.13. The number of nitrogens with one attached hydrogen (secondary N) is 1. The fourth-order valence-corrected chi connectivity index (χ4v) is 4.71. The van der Waals surface area contributed by atoms with Crippen molar-refractivity contribution in [3.63, 3.8) is 0 Å². The van der Waals surface area contributed by atoms with Gasteiger partial charge in [-0.05, 0) is 48.6 Å². The highest BCUT2D eigenvalue weighted by molar-refractivity contribution is 7.98. The molecule has 1 aliphatic heterocycles. The van der Waals surface area contributed by atoms with Crippen LogP contribution in [-0.2, 0) is 16.1 Å². The van der Waals surface area contributed by atoms with E-state index in [1.54, 1.807) is 25.8 Å². The van der Waals surface area contributed by atoms with Crippen molar-refractivity contribution in [1.82, 2.24) is 10.2 Å². The van der Waals surface area contributed by atoms with Crippen molar-refractivity contribution in [2.45, 2.75) is 43.4 Å². The van der Waals surface area contributed by atoms with E-state index < -0.39 is 0 Å². The van der Waals surface area contributed by atoms with Crippen LogP contribution in [0.3, 0.4) is 0 Å². The fourth-order valence-electron chi connectivity index (χ4n) is 4.30. The predicted molar refractivity (Wildman–Crippen MR) is 98.1 cm³/mol. The molecule has 3 rings (SSSR count). The molecule has 1 saturated heterocycles. The Hall–Kier alpha value is -1.04. The Morgan fingerprint density at radius 1 is 1.25 bits per heavy atom. The molecular weight excluding hydrogens is 320 g/mol. The topological polar surface area (TPSA) is 41.6 Å². The van der Waals surface area contributed by atoms with Gasteiger partial charge < -0.3 is 10.1 Å². The second kappa shape index (κ2) is 7.89. The Morgan fingerprint density at radius 3 is 2.50 bits per heavy atom. The largest absolute Gasteiger partial charge is 0.379 e. The quantitative estimate of drug-likeness (QED) is 0.831. The van der Waals surface area contributed by atoms with Crippen LogP contribution in [0.1, 0.15) is 25.3 Å². The van der Waals surface area contributed by atoms with Gasteiger partial charge in [-0.2, -0.15) is 0 Å². The van der Waals surface area contributed by atoms with Crippen LogP contribution in [-0.4, -0.2) is 49.4 Å². The lowest BCUT2D eigenvalue weighted by Crippen LogP contribution is -2.49. The van der Waals surface area contributed by atoms with E-state index in [4.69, 9.17) is 4.74 Å². The van der Waals surface area contributed by atoms with Gasteiger partial charge in [-0.3, -0.25) is 9.69 Å². The number of likely N-dealkylation sites (tertiary alicyclic amines) is 1. The van der Waals surface area contributed by atoms with Crippen molar-refractivity contribution < 1.29 is 9.53 Å². The Balaban J connectivity index is 1.60. The van der Waals surface area contributed by atoms with Crippen molar-refractivity contribution in [2.75, 3.05) is 26.5 Å². The van der Waals surface area contributed by atoms with Gasteiger partial charge in [-0.15, -0.1) is 11.8 Å². The van der Waals surface area contributed by atoms with Gasteiger partial charge in [-0.25, -0.2) is 0 Å². The summed E-state index contributed by atoms with van der Waals surface area (Å²) in [6.07, 6.45) is 4.34. The van der Waals surface area contributed by atoms with Crippen molar-refractivity contribution in [2.24, 2.45) is 11.8 Å². The molecule has 1 amide bonds. The zero-order valence-electron chi connectivity index (χ0n) is 14.8. The molecule has 1 aromatic carbocycles. The smallest absolute Gasteiger partial charge is 0.217 e. The van der Waals surface area contributed by atoms with Crippen LogP contribution in [0.5, 0.6) is 0 Å². The van der Waals surface area contributed by atoms with Crippen molar-refractivity contribution >= 4 is 17.7 Å². The van der Waals surface area contributed by atoms with E-state index >= 15 is 0 Å². The van der Waals surface area contributed by atoms with Gasteiger partial charge in [0.05, 0.1) is 12.1 Å². The number of hydrogen-bond acceptors (Lipinski definition) is 4. The standard InChI is InChI=1S/C19H28N2O2S/c1-13(22)20-18-8-15-11-21(12-16(15)9-19(18)23-2)10-14-4-6-17(24-3)7-5-14/h4-7,15-16,18-19H,8-12H2,1-3H3,(H,20,22)/t15-,16+,18-,19-/m1/s1. The van der Waals surface area contributed by atoms with Crippen LogP contribution < -0.4 is 5.32 Å². The first-order valence-electron chi connectivity index (χ1n) is 8.74. The maximum absolute atomic E-state index is 11.4. The molecule has 5 heteroatoms. The lowest BCUT2D eigenvalue weighted by molar-refractivity contribution is -0.121. The number of methoxy groups -OCH3 is 1. The maximum atomic E-state index is 11.4. The number of rotatable bonds is 5. The zero-order chi connectivity index (χ0) is 17.1. The van der Waals surface area contributed by atoms with Crippen molar-refractivity contribution in [1.29, 1.82) is 0 Å². The lowest BCUT2D eigenvalue weighted by atomic mass is 9.77. The molecule has 24 heavy (non-hydrogen) atoms. The first-order valence-corrected chi connectivity index (χ1v) is 9.96. The molecule has 0 unspecified atom stereocenters. The summed E-state index contributed by atoms with van der Waals surface area (Å²) in [6.45, 7) is 4.88. The van der Waals surface area contributed by atoms with Crippen LogP contribution in [0.2, 0.25) is 0 Å². The van der Waals surface area contributed by atoms with Crippen LogP contribution >= 0.6 is 11.8 Å². The summed E-state index contributed by atoms with van der Waals surface area (Å²) in [7, 11) is 1.76. The number of benzene rings is 1. The van der Waals surface area contributed by atoms with E-state index in [1.807, 2.05) is 0 Å². The van der Waals surface area contributed by atoms with Crippen LogP contribution in [0.15, 0.2) is 29.2 Å². The monoisotopic (exact) mass is 348 g/mol. The number of fused-ring (bicyclic) bond motifs is 1. The van der Waals surface area contributed by atoms with Gasteiger partial charge in [0.25, 0.3) is 0 Å². The summed E-state index contributed by atoms with van der Waals surface area (Å²) in [5.41, 5.74) is 1.38. The molecule has 2 fully saturated rings. The van der Waals surface area contributed by atoms with E-state index in [9.17, 15) is 4.79 Å². The second-order valence-electron chi connectivity index (χ2n) is 7.11. The number of nitrogens with zero attached hydrogens (tertiary/aromatic N) is 1. The minimum absolute atomic E-state index is 0.0456. The molecular formula is C19H28N2O2S. The number of ether oxygens (including phenoxy) is 1. The average Bonchev–Trinajstić information content (AvgIpc) is 2.95. The summed E-state index contributed by atoms with van der Waals surface area (Å²) < 4.78 is 5.66. The van der Waals surface area contributed by atoms with Crippen LogP contribution in [0, 0.1) is 11.8 Å². The Labute approximate surface area is 149 Å². The number of carbonyl (C=O) groups excluding carboxylic acids is 1. The summed E-state index contributed by atoms with van der Waals surface area (Å²) in [5.74, 6) is 1.40. The number of carbonyl (C=O) groups is 1. The van der Waals surface area contributed by atoms with Gasteiger partial charge in [0.2, 0.25) is 5.91 Å². The van der Waals surface area contributed by atoms with Crippen molar-refractivity contribution in [3.8, 4) is 0 Å². The number of thioether (sulfide) groups is 1. The van der Waals surface area contributed by atoms with E-state index in [2.05, 4.69) is 40.7 Å². The SMILES string of the molecule is CO[C@@H]1C[C@H]2CN(Cc3ccc(SC)cc3)C[C@H]2C[C@H]1NC(C)=O. The van der Waals surface area contributed by atoms with Crippen LogP contribution in [0.4, 0.5) is 0 Å². The summed E-state index contributed by atoms with van der Waals surface area (Å²) in [5, 5.41) is 3.09. The van der Waals surface area contributed by atoms with Gasteiger partial charge in [0, 0.05) is 38.6 Å². The summed E-state index contributed by atoms with van der Waals surface area (Å²) in [6, 6.07) is 9.06. The highest BCUT2D eigenvalue weighted by atomic mass is 32.2. The normalized spacial score (nSPS) is 30.1. The highest BCUT2D eigenvalue weighted by Crippen LogP contribution is 2.38. The molecule has 0 bridgehead atoms. The van der Waals surface area contributed by atoms with Gasteiger partial charge in [0.15, 0.2) is 0 Å². The summed E-state index contributed by atoms with van der Waals surface area (Å²) in [4.78, 5) is 15.3. The Morgan fingerprint density at radius 2 is 1.92 bits per heavy atom. The molecule has 1 N–H and O–H groups in total. The minimum atomic E-state index is 0.0456. The molecule has 1 aromatic rings. The van der Waals surface area contributed by atoms with E-state index in [-0.39, 0.29) is 18.1 Å². The highest BCUT2D eigenvalue weighted by Gasteiger charge is 2.42. The Bertz CT molecular complexity index is 563. The number of hydrogen-bond donors (Lipinski definition) is 1. The third-order valence-corrected chi connectivity index (χ3v) is 6.19. The molecule has 1 heterocycles. The molecule has 132 valence electrons. The van der Waals surface area contributed by atoms with E-state index in [1.165, 1.54) is 10.5 Å². The first kappa shape index (κ1) is 17.8. The van der Waals surface area contributed by atoms with E-state index in [0.717, 1.165) is 32.5 Å². The molecule has 0 aromatic heterocycles. The van der Waals surface area contributed by atoms with Crippen molar-refractivity contribution in [3.05, 3.63) is 29.8 Å². The van der Waals surface area contributed by atoms with Crippen LogP contribution in [0.25, 0.3) is 0 Å². The molecule has 4 atom stereocenters. The fraction of sp³-hybridized carbons (Fsp3) is 0.632. The molecule has 1 aliphatic carbocycles.